The van der Waals surface area contributed by atoms with Gasteiger partial charge in [0.05, 0.1) is 18.4 Å². The number of thiazole rings is 1. The zero-order valence-corrected chi connectivity index (χ0v) is 37.5. The molecule has 342 valence electrons. The summed E-state index contributed by atoms with van der Waals surface area (Å²) >= 11 is 1.39. The van der Waals surface area contributed by atoms with E-state index in [2.05, 4.69) is 20.0 Å². The highest BCUT2D eigenvalue weighted by Gasteiger charge is 2.64. The monoisotopic (exact) mass is 918 g/mol. The summed E-state index contributed by atoms with van der Waals surface area (Å²) in [6.45, 7) is 6.11. The van der Waals surface area contributed by atoms with Crippen LogP contribution in [0, 0.1) is 17.8 Å². The first-order valence-corrected chi connectivity index (χ1v) is 23.4. The Kier molecular flexibility index (Phi) is 12.3. The highest BCUT2D eigenvalue weighted by Crippen LogP contribution is 2.48. The van der Waals surface area contributed by atoms with Crippen molar-refractivity contribution in [1.82, 2.24) is 29.8 Å². The number of rotatable bonds is 10. The molecular formula is C43H53F3N6O9S2. The third-order valence-electron chi connectivity index (χ3n) is 13.3. The molecule has 2 saturated carbocycles. The van der Waals surface area contributed by atoms with Crippen molar-refractivity contribution in [2.45, 2.75) is 126 Å². The van der Waals surface area contributed by atoms with Crippen LogP contribution in [0.1, 0.15) is 86.0 Å². The van der Waals surface area contributed by atoms with Crippen LogP contribution < -0.4 is 19.5 Å². The first-order valence-electron chi connectivity index (χ1n) is 21.1. The maximum Gasteiger partial charge on any atom is 0.411 e. The SMILES string of the molecule is CC[C@@H]1C[C@H](C)CC/C=C\[C@@H]2C[C@@]2(C(=O)NS(=O)(=O)C2(C)CC2)NC(=O)[C@@H]2C[C@@H](Oc3ncc(-c4nccs4)c4cc(OC)ccc34)CN2C(=O)[C@H]1N(C(=O)O)C(C)(C)C(F)(F)F. The number of ether oxygens (including phenoxy) is 2. The molecule has 2 aromatic heterocycles. The molecule has 3 aromatic rings. The van der Waals surface area contributed by atoms with Crippen LogP contribution in [0.5, 0.6) is 11.6 Å². The van der Waals surface area contributed by atoms with Gasteiger partial charge < -0.3 is 24.8 Å². The average molecular weight is 919 g/mol. The van der Waals surface area contributed by atoms with Crippen molar-refractivity contribution in [3.63, 3.8) is 0 Å². The van der Waals surface area contributed by atoms with E-state index in [9.17, 15) is 41.1 Å². The Hall–Kier alpha value is -4.98. The van der Waals surface area contributed by atoms with Gasteiger partial charge in [0.2, 0.25) is 27.7 Å². The van der Waals surface area contributed by atoms with E-state index in [1.165, 1.54) is 25.4 Å². The van der Waals surface area contributed by atoms with Crippen molar-refractivity contribution in [3.8, 4) is 22.2 Å². The molecule has 0 bridgehead atoms. The second-order valence-corrected chi connectivity index (χ2v) is 21.1. The standard InChI is InChI=1S/C43H53F3N6O9S2/c1-7-25-18-24(2)10-8-9-11-26-21-42(26,38(55)50-63(58,59)41(5)14-15-41)49-34(53)32-20-28(23-51(32)37(54)33(25)52(39(56)57)40(3,4)43(44,45)46)61-35-29-13-12-27(60-6)19-30(29)31(22-48-35)36-47-16-17-62-36/h9,11-13,16-17,19,22,24-26,28,32-33H,7-8,10,14-15,18,20-21,23H2,1-6H3,(H,49,53)(H,50,55)(H,56,57)/b11-9-/t24-,25-,26-,28-,32+,33+,42-/m1/s1. The Morgan fingerprint density at radius 3 is 2.49 bits per heavy atom. The minimum absolute atomic E-state index is 0.0430. The van der Waals surface area contributed by atoms with Crippen molar-refractivity contribution >= 4 is 55.9 Å². The van der Waals surface area contributed by atoms with Gasteiger partial charge in [0.25, 0.3) is 5.91 Å². The van der Waals surface area contributed by atoms with Gasteiger partial charge in [-0.05, 0) is 89.3 Å². The van der Waals surface area contributed by atoms with Crippen LogP contribution in [-0.2, 0) is 24.4 Å². The number of pyridine rings is 1. The summed E-state index contributed by atoms with van der Waals surface area (Å²) in [6.07, 6.45) is 0.455. The number of allylic oxidation sites excluding steroid dienone is 1. The number of methoxy groups -OCH3 is 1. The lowest BCUT2D eigenvalue weighted by Gasteiger charge is -2.46. The van der Waals surface area contributed by atoms with E-state index in [1.807, 2.05) is 18.4 Å². The second-order valence-electron chi connectivity index (χ2n) is 18.0. The molecule has 7 rings (SSSR count). The first-order chi connectivity index (χ1) is 29.6. The maximum absolute atomic E-state index is 15.3. The number of carboxylic acid groups (broad SMARTS) is 1. The summed E-state index contributed by atoms with van der Waals surface area (Å²) in [7, 11) is -2.62. The number of carbonyl (C=O) groups is 4. The molecule has 4 heterocycles. The molecule has 1 aromatic carbocycles. The van der Waals surface area contributed by atoms with Crippen LogP contribution in [0.2, 0.25) is 0 Å². The smallest absolute Gasteiger partial charge is 0.411 e. The molecule has 1 saturated heterocycles. The number of aromatic nitrogens is 2. The van der Waals surface area contributed by atoms with Crippen LogP contribution >= 0.6 is 11.3 Å². The average Bonchev–Trinajstić information content (AvgIpc) is 3.97. The van der Waals surface area contributed by atoms with Gasteiger partial charge in [-0.15, -0.1) is 11.3 Å². The molecule has 20 heteroatoms. The third kappa shape index (κ3) is 8.68. The molecule has 3 N–H and O–H groups in total. The highest BCUT2D eigenvalue weighted by molar-refractivity contribution is 7.91. The predicted molar refractivity (Wildman–Crippen MR) is 227 cm³/mol. The second kappa shape index (κ2) is 16.9. The number of hydrogen-bond acceptors (Lipinski definition) is 11. The summed E-state index contributed by atoms with van der Waals surface area (Å²) < 4.78 is 84.3. The van der Waals surface area contributed by atoms with E-state index >= 15 is 4.79 Å². The molecule has 0 unspecified atom stereocenters. The number of nitrogens with one attached hydrogen (secondary N) is 2. The van der Waals surface area contributed by atoms with Crippen molar-refractivity contribution in [3.05, 3.63) is 48.1 Å². The Bertz CT molecular complexity index is 2410. The molecular weight excluding hydrogens is 866 g/mol. The lowest BCUT2D eigenvalue weighted by atomic mass is 9.82. The molecule has 63 heavy (non-hydrogen) atoms. The minimum Gasteiger partial charge on any atom is -0.497 e. The fourth-order valence-electron chi connectivity index (χ4n) is 8.87. The van der Waals surface area contributed by atoms with Crippen molar-refractivity contribution in [2.24, 2.45) is 17.8 Å². The zero-order chi connectivity index (χ0) is 45.9. The van der Waals surface area contributed by atoms with Gasteiger partial charge in [-0.1, -0.05) is 32.4 Å². The predicted octanol–water partition coefficient (Wildman–Crippen LogP) is 6.68. The Morgan fingerprint density at radius 2 is 1.87 bits per heavy atom. The van der Waals surface area contributed by atoms with Gasteiger partial charge >= 0.3 is 12.3 Å². The van der Waals surface area contributed by atoms with Crippen molar-refractivity contribution < 1.29 is 55.3 Å². The zero-order valence-electron chi connectivity index (χ0n) is 35.9. The molecule has 15 nitrogen and oxygen atoms in total. The van der Waals surface area contributed by atoms with Gasteiger partial charge in [0.1, 0.15) is 40.0 Å². The number of amides is 4. The Morgan fingerprint density at radius 1 is 1.14 bits per heavy atom. The molecule has 2 aliphatic carbocycles. The molecule has 2 aliphatic heterocycles. The number of benzene rings is 1. The van der Waals surface area contributed by atoms with Crippen molar-refractivity contribution in [2.75, 3.05) is 13.7 Å². The van der Waals surface area contributed by atoms with Gasteiger partial charge in [0.15, 0.2) is 0 Å². The number of fused-ring (bicyclic) bond motifs is 3. The summed E-state index contributed by atoms with van der Waals surface area (Å²) in [6, 6.07) is 1.81. The van der Waals surface area contributed by atoms with E-state index in [-0.39, 0.29) is 48.9 Å². The normalized spacial score (nSPS) is 28.1. The number of alkyl halides is 3. The number of carbonyl (C=O) groups excluding carboxylic acids is 3. The summed E-state index contributed by atoms with van der Waals surface area (Å²) in [5, 5.41) is 17.1. The van der Waals surface area contributed by atoms with Crippen LogP contribution in [0.25, 0.3) is 21.3 Å². The van der Waals surface area contributed by atoms with Gasteiger partial charge in [-0.25, -0.2) is 23.2 Å². The van der Waals surface area contributed by atoms with Crippen LogP contribution in [0.15, 0.2) is 48.1 Å². The Balaban J connectivity index is 1.32. The van der Waals surface area contributed by atoms with Crippen molar-refractivity contribution in [1.29, 1.82) is 0 Å². The fraction of sp³-hybridized carbons (Fsp3) is 0.581. The van der Waals surface area contributed by atoms with Crippen LogP contribution in [0.3, 0.4) is 0 Å². The van der Waals surface area contributed by atoms with Crippen LogP contribution in [-0.4, -0.2) is 111 Å². The lowest BCUT2D eigenvalue weighted by Crippen LogP contribution is -2.66. The van der Waals surface area contributed by atoms with E-state index < -0.39 is 85.9 Å². The number of hydrogen-bond donors (Lipinski definition) is 3. The van der Waals surface area contributed by atoms with E-state index in [0.717, 1.165) is 4.90 Å². The van der Waals surface area contributed by atoms with E-state index in [0.29, 0.717) is 66.6 Å². The highest BCUT2D eigenvalue weighted by atomic mass is 32.2. The van der Waals surface area contributed by atoms with E-state index in [1.54, 1.807) is 43.6 Å². The summed E-state index contributed by atoms with van der Waals surface area (Å²) in [4.78, 5) is 67.5. The number of nitrogens with zero attached hydrogens (tertiary/aromatic N) is 4. The first kappa shape index (κ1) is 46.0. The maximum atomic E-state index is 15.3. The number of sulfonamides is 1. The van der Waals surface area contributed by atoms with Gasteiger partial charge in [-0.2, -0.15) is 13.2 Å². The van der Waals surface area contributed by atoms with Gasteiger partial charge in [-0.3, -0.25) is 24.0 Å². The molecule has 0 spiro atoms. The molecule has 3 fully saturated rings. The molecule has 0 radical (unpaired) electrons. The molecule has 4 amide bonds. The minimum atomic E-state index is -5.11. The molecule has 4 aliphatic rings. The Labute approximate surface area is 367 Å². The summed E-state index contributed by atoms with van der Waals surface area (Å²) in [5.74, 6) is -3.95. The quantitative estimate of drug-likeness (QED) is 0.184. The fourth-order valence-corrected chi connectivity index (χ4v) is 10.8. The largest absolute Gasteiger partial charge is 0.497 e. The van der Waals surface area contributed by atoms with Crippen LogP contribution in [0.4, 0.5) is 18.0 Å². The molecule has 7 atom stereocenters. The number of halogens is 3. The topological polar surface area (TPSA) is 197 Å². The van der Waals surface area contributed by atoms with E-state index in [4.69, 9.17) is 9.47 Å². The summed E-state index contributed by atoms with van der Waals surface area (Å²) in [5.41, 5.74) is -4.10. The van der Waals surface area contributed by atoms with Gasteiger partial charge in [0, 0.05) is 46.4 Å². The third-order valence-corrected chi connectivity index (χ3v) is 16.3. The lowest BCUT2D eigenvalue weighted by molar-refractivity contribution is -0.222.